The first kappa shape index (κ1) is 18.5. The summed E-state index contributed by atoms with van der Waals surface area (Å²) >= 11 is 0. The quantitative estimate of drug-likeness (QED) is 0.590. The molecule has 0 saturated carbocycles. The summed E-state index contributed by atoms with van der Waals surface area (Å²) in [7, 11) is 1.62. The molecule has 0 saturated heterocycles. The number of benzene rings is 2. The van der Waals surface area contributed by atoms with E-state index < -0.39 is 0 Å². The van der Waals surface area contributed by atoms with Gasteiger partial charge in [-0.2, -0.15) is 0 Å². The van der Waals surface area contributed by atoms with Gasteiger partial charge in [0.1, 0.15) is 11.6 Å². The van der Waals surface area contributed by atoms with Gasteiger partial charge in [0.25, 0.3) is 5.91 Å². The Morgan fingerprint density at radius 3 is 2.52 bits per heavy atom. The topological polar surface area (TPSA) is 63.2 Å². The van der Waals surface area contributed by atoms with Crippen LogP contribution < -0.4 is 15.4 Å². The molecule has 0 bridgehead atoms. The zero-order chi connectivity index (χ0) is 18.9. The van der Waals surface area contributed by atoms with Gasteiger partial charge >= 0.3 is 0 Å². The SMILES string of the molecule is COc1ccccc1Nc1ccc(C(=O)NCCCc2ccccc2)cn1. The Bertz CT molecular complexity index is 864. The van der Waals surface area contributed by atoms with Gasteiger partial charge in [-0.05, 0) is 42.7 Å². The molecular weight excluding hydrogens is 338 g/mol. The van der Waals surface area contributed by atoms with Crippen molar-refractivity contribution in [2.75, 3.05) is 19.0 Å². The van der Waals surface area contributed by atoms with Gasteiger partial charge in [-0.3, -0.25) is 4.79 Å². The third-order valence-electron chi connectivity index (χ3n) is 4.17. The fraction of sp³-hybridized carbons (Fsp3) is 0.182. The summed E-state index contributed by atoms with van der Waals surface area (Å²) in [6.07, 6.45) is 3.42. The van der Waals surface area contributed by atoms with Gasteiger partial charge in [-0.15, -0.1) is 0 Å². The lowest BCUT2D eigenvalue weighted by Gasteiger charge is -2.10. The number of methoxy groups -OCH3 is 1. The van der Waals surface area contributed by atoms with E-state index in [0.717, 1.165) is 24.3 Å². The molecule has 2 N–H and O–H groups in total. The van der Waals surface area contributed by atoms with Crippen LogP contribution in [0.2, 0.25) is 0 Å². The average Bonchev–Trinajstić information content (AvgIpc) is 2.73. The van der Waals surface area contributed by atoms with Crippen LogP contribution in [0.3, 0.4) is 0 Å². The lowest BCUT2D eigenvalue weighted by molar-refractivity contribution is 0.0953. The molecule has 27 heavy (non-hydrogen) atoms. The number of ether oxygens (including phenoxy) is 1. The Labute approximate surface area is 159 Å². The maximum atomic E-state index is 12.2. The number of para-hydroxylation sites is 2. The average molecular weight is 361 g/mol. The Balaban J connectivity index is 1.50. The van der Waals surface area contributed by atoms with Gasteiger partial charge in [0, 0.05) is 12.7 Å². The smallest absolute Gasteiger partial charge is 0.252 e. The number of amides is 1. The Morgan fingerprint density at radius 2 is 1.78 bits per heavy atom. The van der Waals surface area contributed by atoms with Crippen molar-refractivity contribution in [1.29, 1.82) is 0 Å². The minimum atomic E-state index is -0.112. The van der Waals surface area contributed by atoms with E-state index in [0.29, 0.717) is 17.9 Å². The van der Waals surface area contributed by atoms with E-state index in [1.54, 1.807) is 25.4 Å². The molecule has 5 nitrogen and oxygen atoms in total. The number of nitrogens with zero attached hydrogens (tertiary/aromatic N) is 1. The van der Waals surface area contributed by atoms with E-state index in [2.05, 4.69) is 27.8 Å². The first-order valence-electron chi connectivity index (χ1n) is 8.94. The summed E-state index contributed by atoms with van der Waals surface area (Å²) in [6.45, 7) is 0.634. The summed E-state index contributed by atoms with van der Waals surface area (Å²) < 4.78 is 5.31. The Hall–Kier alpha value is -3.34. The van der Waals surface area contributed by atoms with Gasteiger partial charge < -0.3 is 15.4 Å². The largest absolute Gasteiger partial charge is 0.495 e. The molecule has 0 aliphatic rings. The standard InChI is InChI=1S/C22H23N3O2/c1-27-20-12-6-5-11-19(20)25-21-14-13-18(16-24-21)22(26)23-15-7-10-17-8-3-2-4-9-17/h2-6,8-9,11-14,16H,7,10,15H2,1H3,(H,23,26)(H,24,25). The molecule has 0 spiro atoms. The summed E-state index contributed by atoms with van der Waals surface area (Å²) in [4.78, 5) is 16.6. The Morgan fingerprint density at radius 1 is 1.00 bits per heavy atom. The number of anilines is 2. The van der Waals surface area contributed by atoms with Gasteiger partial charge in [-0.1, -0.05) is 42.5 Å². The number of aryl methyl sites for hydroxylation is 1. The number of carbonyl (C=O) groups is 1. The third kappa shape index (κ3) is 5.31. The summed E-state index contributed by atoms with van der Waals surface area (Å²) in [5.41, 5.74) is 2.64. The summed E-state index contributed by atoms with van der Waals surface area (Å²) in [5, 5.41) is 6.13. The van der Waals surface area contributed by atoms with E-state index in [1.807, 2.05) is 42.5 Å². The fourth-order valence-corrected chi connectivity index (χ4v) is 2.73. The Kier molecular flexibility index (Phi) is 6.41. The third-order valence-corrected chi connectivity index (χ3v) is 4.17. The van der Waals surface area contributed by atoms with Crippen molar-refractivity contribution in [2.24, 2.45) is 0 Å². The molecule has 1 amide bonds. The molecular formula is C22H23N3O2. The van der Waals surface area contributed by atoms with E-state index in [4.69, 9.17) is 4.74 Å². The van der Waals surface area contributed by atoms with Crippen molar-refractivity contribution >= 4 is 17.4 Å². The second-order valence-corrected chi connectivity index (χ2v) is 6.10. The number of nitrogens with one attached hydrogen (secondary N) is 2. The molecule has 138 valence electrons. The number of hydrogen-bond acceptors (Lipinski definition) is 4. The van der Waals surface area contributed by atoms with Crippen LogP contribution in [0.25, 0.3) is 0 Å². The molecule has 1 aromatic heterocycles. The van der Waals surface area contributed by atoms with Crippen molar-refractivity contribution in [2.45, 2.75) is 12.8 Å². The zero-order valence-electron chi connectivity index (χ0n) is 15.3. The van der Waals surface area contributed by atoms with Crippen molar-refractivity contribution in [3.8, 4) is 5.75 Å². The van der Waals surface area contributed by atoms with Gasteiger partial charge in [0.15, 0.2) is 0 Å². The predicted molar refractivity (Wildman–Crippen MR) is 108 cm³/mol. The van der Waals surface area contributed by atoms with E-state index in [-0.39, 0.29) is 5.91 Å². The molecule has 2 aromatic carbocycles. The van der Waals surface area contributed by atoms with Crippen LogP contribution in [0.1, 0.15) is 22.3 Å². The molecule has 0 radical (unpaired) electrons. The van der Waals surface area contributed by atoms with Gasteiger partial charge in [0.2, 0.25) is 0 Å². The molecule has 0 unspecified atom stereocenters. The highest BCUT2D eigenvalue weighted by Crippen LogP contribution is 2.26. The molecule has 0 aliphatic heterocycles. The second kappa shape index (κ2) is 9.38. The van der Waals surface area contributed by atoms with Crippen LogP contribution in [0, 0.1) is 0 Å². The number of hydrogen-bond donors (Lipinski definition) is 2. The molecule has 0 aliphatic carbocycles. The van der Waals surface area contributed by atoms with Crippen molar-refractivity contribution in [1.82, 2.24) is 10.3 Å². The number of carbonyl (C=O) groups excluding carboxylic acids is 1. The maximum absolute atomic E-state index is 12.2. The van der Waals surface area contributed by atoms with Crippen LogP contribution in [-0.4, -0.2) is 24.5 Å². The predicted octanol–water partition coefficient (Wildman–Crippen LogP) is 4.20. The van der Waals surface area contributed by atoms with Gasteiger partial charge in [-0.25, -0.2) is 4.98 Å². The zero-order valence-corrected chi connectivity index (χ0v) is 15.3. The molecule has 5 heteroatoms. The lowest BCUT2D eigenvalue weighted by Crippen LogP contribution is -2.24. The summed E-state index contributed by atoms with van der Waals surface area (Å²) in [6, 6.07) is 21.4. The summed E-state index contributed by atoms with van der Waals surface area (Å²) in [5.74, 6) is 1.28. The maximum Gasteiger partial charge on any atom is 0.252 e. The minimum absolute atomic E-state index is 0.112. The molecule has 0 fully saturated rings. The fourth-order valence-electron chi connectivity index (χ4n) is 2.73. The van der Waals surface area contributed by atoms with Gasteiger partial charge in [0.05, 0.1) is 18.4 Å². The van der Waals surface area contributed by atoms with Crippen LogP contribution >= 0.6 is 0 Å². The monoisotopic (exact) mass is 361 g/mol. The molecule has 3 rings (SSSR count). The van der Waals surface area contributed by atoms with E-state index in [9.17, 15) is 4.79 Å². The second-order valence-electron chi connectivity index (χ2n) is 6.10. The van der Waals surface area contributed by atoms with Crippen LogP contribution in [0.5, 0.6) is 5.75 Å². The van der Waals surface area contributed by atoms with E-state index in [1.165, 1.54) is 5.56 Å². The number of aromatic nitrogens is 1. The van der Waals surface area contributed by atoms with Crippen molar-refractivity contribution in [3.05, 3.63) is 84.1 Å². The van der Waals surface area contributed by atoms with Crippen LogP contribution in [-0.2, 0) is 6.42 Å². The highest BCUT2D eigenvalue weighted by molar-refractivity contribution is 5.94. The first-order valence-corrected chi connectivity index (χ1v) is 8.94. The number of rotatable bonds is 8. The van der Waals surface area contributed by atoms with Crippen molar-refractivity contribution in [3.63, 3.8) is 0 Å². The minimum Gasteiger partial charge on any atom is -0.495 e. The van der Waals surface area contributed by atoms with E-state index >= 15 is 0 Å². The van der Waals surface area contributed by atoms with Crippen molar-refractivity contribution < 1.29 is 9.53 Å². The normalized spacial score (nSPS) is 10.3. The number of pyridine rings is 1. The molecule has 1 heterocycles. The highest BCUT2D eigenvalue weighted by atomic mass is 16.5. The molecule has 0 atom stereocenters. The highest BCUT2D eigenvalue weighted by Gasteiger charge is 2.07. The van der Waals surface area contributed by atoms with Crippen LogP contribution in [0.4, 0.5) is 11.5 Å². The first-order chi connectivity index (χ1) is 13.3. The molecule has 3 aromatic rings. The lowest BCUT2D eigenvalue weighted by atomic mass is 10.1. The van der Waals surface area contributed by atoms with Crippen LogP contribution in [0.15, 0.2) is 72.9 Å².